The molecule has 0 heterocycles. The number of hydrogen-bond acceptors (Lipinski definition) is 4. The Morgan fingerprint density at radius 1 is 1.20 bits per heavy atom. The number of rotatable bonds is 6. The summed E-state index contributed by atoms with van der Waals surface area (Å²) in [6, 6.07) is 0. The number of carbonyl (C=O) groups excluding carboxylic acids is 1. The van der Waals surface area contributed by atoms with Crippen LogP contribution in [0.1, 0.15) is 27.2 Å². The van der Waals surface area contributed by atoms with E-state index in [9.17, 15) is 9.59 Å². The zero-order valence-corrected chi connectivity index (χ0v) is 13.1. The van der Waals surface area contributed by atoms with Gasteiger partial charge in [0.15, 0.2) is 0 Å². The second-order valence-corrected chi connectivity index (χ2v) is 7.89. The van der Waals surface area contributed by atoms with Crippen LogP contribution in [0.4, 0.5) is 0 Å². The first-order valence-corrected chi connectivity index (χ1v) is 10.9. The van der Waals surface area contributed by atoms with Crippen molar-refractivity contribution in [3.63, 3.8) is 0 Å². The van der Waals surface area contributed by atoms with E-state index in [4.69, 9.17) is 10.8 Å². The maximum absolute atomic E-state index is 9.87. The summed E-state index contributed by atoms with van der Waals surface area (Å²) in [6.45, 7) is 6.89. The van der Waals surface area contributed by atoms with Crippen molar-refractivity contribution in [2.24, 2.45) is 0 Å². The minimum absolute atomic E-state index is 0.312. The molecule has 0 saturated carbocycles. The van der Waals surface area contributed by atoms with Gasteiger partial charge in [0.2, 0.25) is 0 Å². The van der Waals surface area contributed by atoms with Crippen molar-refractivity contribution in [3.8, 4) is 0 Å². The molecule has 0 spiro atoms. The molecule has 0 fully saturated rings. The number of hydrogen-bond donors (Lipinski definition) is 1. The second-order valence-electron chi connectivity index (χ2n) is 2.75. The van der Waals surface area contributed by atoms with Crippen molar-refractivity contribution in [3.05, 3.63) is 0 Å². The molecule has 15 heavy (non-hydrogen) atoms. The van der Waals surface area contributed by atoms with E-state index in [-0.39, 0.29) is 12.2 Å². The normalized spacial score (nSPS) is 8.80. The summed E-state index contributed by atoms with van der Waals surface area (Å²) >= 11 is -1.80. The fourth-order valence-corrected chi connectivity index (χ4v) is 3.68. The van der Waals surface area contributed by atoms with Gasteiger partial charge in [-0.1, -0.05) is 0 Å². The summed E-state index contributed by atoms with van der Waals surface area (Å²) < 4.78 is 12.6. The molecule has 0 unspecified atom stereocenters. The Balaban J connectivity index is 0. The average molecular weight is 322 g/mol. The molecule has 0 saturated heterocycles. The van der Waals surface area contributed by atoms with Crippen LogP contribution in [-0.2, 0) is 15.3 Å². The number of ketones is 1. The van der Waals surface area contributed by atoms with Gasteiger partial charge in [0.25, 0.3) is 0 Å². The molecule has 1 N–H and O–H groups in total. The van der Waals surface area contributed by atoms with Crippen molar-refractivity contribution in [2.45, 2.75) is 31.9 Å². The molecule has 0 atom stereocenters. The quantitative estimate of drug-likeness (QED) is 0.745. The van der Waals surface area contributed by atoms with Gasteiger partial charge in [-0.3, -0.25) is 9.59 Å². The molecule has 88 valence electrons. The van der Waals surface area contributed by atoms with Crippen LogP contribution in [0.3, 0.4) is 0 Å². The molecule has 0 amide bonds. The fraction of sp³-hybridized carbons (Fsp3) is 0.778. The molecule has 0 aliphatic carbocycles. The predicted molar refractivity (Wildman–Crippen MR) is 57.8 cm³/mol. The zero-order valence-electron chi connectivity index (χ0n) is 9.78. The van der Waals surface area contributed by atoms with Crippen molar-refractivity contribution in [1.29, 1.82) is 0 Å². The van der Waals surface area contributed by atoms with E-state index in [2.05, 4.69) is 4.68 Å². The summed E-state index contributed by atoms with van der Waals surface area (Å²) in [5, 5.41) is 7.86. The number of Topliss-reactive ketones (excluding diaryl/α,β-unsaturated/α-hetero) is 1. The first-order chi connectivity index (χ1) is 6.93. The van der Waals surface area contributed by atoms with Crippen molar-refractivity contribution in [2.75, 3.05) is 13.2 Å². The van der Waals surface area contributed by atoms with Crippen LogP contribution < -0.4 is 0 Å². The van der Waals surface area contributed by atoms with Gasteiger partial charge < -0.3 is 5.11 Å². The second kappa shape index (κ2) is 12.0. The third kappa shape index (κ3) is 20.1. The SMILES string of the molecule is CC(=O)CC(=O)O.CC[O][In]([CH3])[O]CC. The number of carbonyl (C=O) groups is 2. The van der Waals surface area contributed by atoms with E-state index in [1.165, 1.54) is 6.92 Å². The van der Waals surface area contributed by atoms with Gasteiger partial charge in [-0.05, 0) is 6.92 Å². The molecule has 0 aliphatic heterocycles. The molecular weight excluding hydrogens is 303 g/mol. The number of carboxylic acid groups (broad SMARTS) is 1. The van der Waals surface area contributed by atoms with Crippen LogP contribution in [0.2, 0.25) is 4.68 Å². The third-order valence-corrected chi connectivity index (χ3v) is 5.79. The molecule has 5 nitrogen and oxygen atoms in total. The van der Waals surface area contributed by atoms with E-state index in [0.717, 1.165) is 13.2 Å². The Morgan fingerprint density at radius 3 is 1.73 bits per heavy atom. The van der Waals surface area contributed by atoms with Gasteiger partial charge in [-0.2, -0.15) is 0 Å². The molecule has 0 aliphatic rings. The molecule has 6 heteroatoms. The van der Waals surface area contributed by atoms with Crippen LogP contribution in [0, 0.1) is 0 Å². The van der Waals surface area contributed by atoms with Crippen LogP contribution >= 0.6 is 0 Å². The van der Waals surface area contributed by atoms with Crippen LogP contribution in [-0.4, -0.2) is 52.4 Å². The summed E-state index contributed by atoms with van der Waals surface area (Å²) in [5.41, 5.74) is 0. The van der Waals surface area contributed by atoms with Crippen molar-refractivity contribution >= 4 is 34.1 Å². The summed E-state index contributed by atoms with van der Waals surface area (Å²) in [6.07, 6.45) is -0.361. The zero-order chi connectivity index (χ0) is 12.3. The molecule has 0 radical (unpaired) electrons. The maximum atomic E-state index is 9.87. The van der Waals surface area contributed by atoms with E-state index in [1.54, 1.807) is 0 Å². The Hall–Kier alpha value is -0.0699. The Kier molecular flexibility index (Phi) is 13.9. The van der Waals surface area contributed by atoms with Crippen LogP contribution in [0.25, 0.3) is 0 Å². The van der Waals surface area contributed by atoms with Gasteiger partial charge >= 0.3 is 65.7 Å². The Labute approximate surface area is 99.5 Å². The third-order valence-electron chi connectivity index (χ3n) is 1.20. The molecule has 0 aromatic carbocycles. The molecular formula is C9H19InO5. The van der Waals surface area contributed by atoms with E-state index in [1.807, 2.05) is 13.8 Å². The predicted octanol–water partition coefficient (Wildman–Crippen LogP) is 1.23. The topological polar surface area (TPSA) is 72.8 Å². The Bertz CT molecular complexity index is 165. The standard InChI is InChI=1S/C4H6O3.2C2H5O.CH3.In/c1-3(5)2-4(6)7;2*1-2-3;;/h2H2,1H3,(H,6,7);2*2H2,1H3;1H3;/q;2*-1;;+2. The number of aliphatic carboxylic acids is 1. The first-order valence-electron chi connectivity index (χ1n) is 4.88. The fourth-order valence-electron chi connectivity index (χ4n) is 0.730. The molecule has 0 aromatic rings. The average Bonchev–Trinajstić information content (AvgIpc) is 2.03. The van der Waals surface area contributed by atoms with Crippen molar-refractivity contribution < 1.29 is 20.4 Å². The van der Waals surface area contributed by atoms with E-state index < -0.39 is 28.3 Å². The van der Waals surface area contributed by atoms with Gasteiger partial charge in [0, 0.05) is 0 Å². The van der Waals surface area contributed by atoms with E-state index in [0.29, 0.717) is 0 Å². The summed E-state index contributed by atoms with van der Waals surface area (Å²) in [7, 11) is 0. The minimum atomic E-state index is -1.80. The van der Waals surface area contributed by atoms with Gasteiger partial charge in [-0.15, -0.1) is 0 Å². The van der Waals surface area contributed by atoms with Crippen LogP contribution in [0.15, 0.2) is 0 Å². The Morgan fingerprint density at radius 2 is 1.60 bits per heavy atom. The van der Waals surface area contributed by atoms with Gasteiger partial charge in [0.05, 0.1) is 0 Å². The van der Waals surface area contributed by atoms with Gasteiger partial charge in [-0.25, -0.2) is 0 Å². The first kappa shape index (κ1) is 17.3. The summed E-state index contributed by atoms with van der Waals surface area (Å²) in [4.78, 5) is 19.5. The molecule has 0 aromatic heterocycles. The van der Waals surface area contributed by atoms with Gasteiger partial charge in [0.1, 0.15) is 12.2 Å². The van der Waals surface area contributed by atoms with Crippen LogP contribution in [0.5, 0.6) is 0 Å². The van der Waals surface area contributed by atoms with E-state index >= 15 is 0 Å². The van der Waals surface area contributed by atoms with Crippen molar-refractivity contribution in [1.82, 2.24) is 0 Å². The number of carboxylic acids is 1. The molecule has 0 bridgehead atoms. The summed E-state index contributed by atoms with van der Waals surface area (Å²) in [5.74, 6) is -1.37. The monoisotopic (exact) mass is 322 g/mol. The molecule has 0 rings (SSSR count).